The Morgan fingerprint density at radius 1 is 1.57 bits per heavy atom. The number of thioether (sulfide) groups is 1. The quantitative estimate of drug-likeness (QED) is 0.843. The first kappa shape index (κ1) is 16.8. The van der Waals surface area contributed by atoms with Crippen LogP contribution >= 0.6 is 23.1 Å². The molecule has 0 aliphatic heterocycles. The van der Waals surface area contributed by atoms with Gasteiger partial charge in [-0.05, 0) is 38.5 Å². The Bertz CT molecular complexity index is 468. The van der Waals surface area contributed by atoms with Crippen LogP contribution in [0.15, 0.2) is 5.38 Å². The molecule has 1 aliphatic rings. The zero-order valence-corrected chi connectivity index (χ0v) is 14.4. The van der Waals surface area contributed by atoms with Crippen molar-refractivity contribution in [3.05, 3.63) is 16.1 Å². The molecule has 1 aromatic heterocycles. The molecule has 0 radical (unpaired) electrons. The topological polar surface area (TPSA) is 62.2 Å². The number of aromatic nitrogens is 1. The Labute approximate surface area is 134 Å². The average molecular weight is 329 g/mol. The normalized spacial score (nSPS) is 25.8. The summed E-state index contributed by atoms with van der Waals surface area (Å²) in [5.41, 5.74) is 0.653. The molecule has 0 aromatic carbocycles. The number of amides is 1. The van der Waals surface area contributed by atoms with E-state index < -0.39 is 0 Å². The molecule has 4 nitrogen and oxygen atoms in total. The molecular formula is C15H24N2O2S2. The van der Waals surface area contributed by atoms with Gasteiger partial charge in [-0.15, -0.1) is 23.1 Å². The lowest BCUT2D eigenvalue weighted by Gasteiger charge is -2.38. The van der Waals surface area contributed by atoms with Crippen molar-refractivity contribution < 1.29 is 9.90 Å². The molecule has 1 fully saturated rings. The largest absolute Gasteiger partial charge is 0.394 e. The number of thiazole rings is 1. The number of rotatable bonds is 6. The first-order chi connectivity index (χ1) is 10.0. The second kappa shape index (κ2) is 7.61. The third-order valence-electron chi connectivity index (χ3n) is 4.09. The van der Waals surface area contributed by atoms with Gasteiger partial charge in [-0.2, -0.15) is 0 Å². The second-order valence-corrected chi connectivity index (χ2v) is 8.07. The molecule has 0 saturated heterocycles. The van der Waals surface area contributed by atoms with Gasteiger partial charge in [0, 0.05) is 11.1 Å². The molecule has 21 heavy (non-hydrogen) atoms. The lowest BCUT2D eigenvalue weighted by Crippen LogP contribution is -2.53. The van der Waals surface area contributed by atoms with Crippen molar-refractivity contribution in [1.29, 1.82) is 0 Å². The van der Waals surface area contributed by atoms with Crippen LogP contribution in [0.4, 0.5) is 0 Å². The molecule has 6 heteroatoms. The molecule has 2 N–H and O–H groups in total. The molecule has 0 atom stereocenters. The highest BCUT2D eigenvalue weighted by molar-refractivity contribution is 7.99. The molecule has 1 saturated carbocycles. The summed E-state index contributed by atoms with van der Waals surface area (Å²) in [5, 5.41) is 15.8. The van der Waals surface area contributed by atoms with Crippen LogP contribution in [0, 0.1) is 12.8 Å². The minimum atomic E-state index is -0.388. The molecule has 0 bridgehead atoms. The fraction of sp³-hybridized carbons (Fsp3) is 0.733. The third kappa shape index (κ3) is 4.97. The van der Waals surface area contributed by atoms with Gasteiger partial charge >= 0.3 is 0 Å². The Kier molecular flexibility index (Phi) is 6.08. The van der Waals surface area contributed by atoms with Gasteiger partial charge in [-0.1, -0.05) is 6.92 Å². The summed E-state index contributed by atoms with van der Waals surface area (Å²) in [7, 11) is 0. The number of nitrogens with one attached hydrogen (secondary N) is 1. The van der Waals surface area contributed by atoms with E-state index in [-0.39, 0.29) is 18.1 Å². The van der Waals surface area contributed by atoms with Crippen LogP contribution < -0.4 is 5.32 Å². The van der Waals surface area contributed by atoms with E-state index in [1.165, 1.54) is 0 Å². The summed E-state index contributed by atoms with van der Waals surface area (Å²) in [6.45, 7) is 4.26. The van der Waals surface area contributed by atoms with Crippen molar-refractivity contribution in [1.82, 2.24) is 10.3 Å². The molecule has 0 unspecified atom stereocenters. The van der Waals surface area contributed by atoms with Crippen LogP contribution in [0.3, 0.4) is 0 Å². The van der Waals surface area contributed by atoms with Crippen LogP contribution in [0.2, 0.25) is 0 Å². The number of carbonyl (C=O) groups is 1. The van der Waals surface area contributed by atoms with E-state index in [9.17, 15) is 9.90 Å². The predicted octanol–water partition coefficient (Wildman–Crippen LogP) is 2.74. The van der Waals surface area contributed by atoms with Crippen molar-refractivity contribution in [2.24, 2.45) is 5.92 Å². The molecule has 1 aliphatic carbocycles. The average Bonchev–Trinajstić information content (AvgIpc) is 2.87. The molecule has 0 spiro atoms. The number of aliphatic hydroxyl groups is 1. The fourth-order valence-corrected chi connectivity index (χ4v) is 4.13. The van der Waals surface area contributed by atoms with Crippen molar-refractivity contribution in [3.63, 3.8) is 0 Å². The van der Waals surface area contributed by atoms with Crippen LogP contribution in [-0.2, 0) is 10.5 Å². The van der Waals surface area contributed by atoms with Crippen molar-refractivity contribution in [3.8, 4) is 0 Å². The van der Waals surface area contributed by atoms with Gasteiger partial charge in [-0.3, -0.25) is 4.79 Å². The van der Waals surface area contributed by atoms with Gasteiger partial charge < -0.3 is 10.4 Å². The molecule has 2 rings (SSSR count). The fourth-order valence-electron chi connectivity index (χ4n) is 2.69. The summed E-state index contributed by atoms with van der Waals surface area (Å²) in [5.74, 6) is 1.91. The van der Waals surface area contributed by atoms with Crippen LogP contribution in [0.1, 0.15) is 43.3 Å². The van der Waals surface area contributed by atoms with Gasteiger partial charge in [0.2, 0.25) is 5.91 Å². The number of hydrogen-bond donors (Lipinski definition) is 2. The highest BCUT2D eigenvalue weighted by Gasteiger charge is 2.34. The Hall–Kier alpha value is -0.590. The van der Waals surface area contributed by atoms with Crippen molar-refractivity contribution in [2.75, 3.05) is 12.4 Å². The van der Waals surface area contributed by atoms with Gasteiger partial charge in [-0.25, -0.2) is 4.98 Å². The number of aliphatic hydroxyl groups excluding tert-OH is 1. The summed E-state index contributed by atoms with van der Waals surface area (Å²) in [6.07, 6.45) is 3.91. The van der Waals surface area contributed by atoms with Crippen molar-refractivity contribution in [2.45, 2.75) is 50.8 Å². The Morgan fingerprint density at radius 2 is 2.29 bits per heavy atom. The summed E-state index contributed by atoms with van der Waals surface area (Å²) in [6, 6.07) is 0. The minimum Gasteiger partial charge on any atom is -0.394 e. The van der Waals surface area contributed by atoms with Crippen molar-refractivity contribution >= 4 is 29.0 Å². The minimum absolute atomic E-state index is 0.0237. The number of nitrogens with zero attached hydrogens (tertiary/aromatic N) is 1. The van der Waals surface area contributed by atoms with E-state index in [1.807, 2.05) is 12.3 Å². The summed E-state index contributed by atoms with van der Waals surface area (Å²) < 4.78 is 0. The number of aryl methyl sites for hydroxylation is 1. The SMILES string of the molecule is Cc1nc(CSCC(=O)NC2(CO)CCC(C)CC2)cs1. The van der Waals surface area contributed by atoms with E-state index in [1.54, 1.807) is 23.1 Å². The lowest BCUT2D eigenvalue weighted by molar-refractivity contribution is -0.121. The maximum Gasteiger partial charge on any atom is 0.230 e. The molecule has 1 amide bonds. The molecule has 1 heterocycles. The van der Waals surface area contributed by atoms with Crippen LogP contribution in [0.5, 0.6) is 0 Å². The van der Waals surface area contributed by atoms with E-state index in [0.717, 1.165) is 42.1 Å². The third-order valence-corrected chi connectivity index (χ3v) is 5.88. The highest BCUT2D eigenvalue weighted by atomic mass is 32.2. The zero-order valence-electron chi connectivity index (χ0n) is 12.7. The predicted molar refractivity (Wildman–Crippen MR) is 88.6 cm³/mol. The first-order valence-electron chi connectivity index (χ1n) is 7.44. The van der Waals surface area contributed by atoms with Crippen LogP contribution in [0.25, 0.3) is 0 Å². The summed E-state index contributed by atoms with van der Waals surface area (Å²) >= 11 is 3.21. The maximum absolute atomic E-state index is 12.1. The van der Waals surface area contributed by atoms with Crippen LogP contribution in [-0.4, -0.2) is 33.9 Å². The Balaban J connectivity index is 1.75. The van der Waals surface area contributed by atoms with Gasteiger partial charge in [0.05, 0.1) is 28.6 Å². The molecular weight excluding hydrogens is 304 g/mol. The standard InChI is InChI=1S/C15H24N2O2S2/c1-11-3-5-15(10-18,6-4-11)17-14(19)9-20-7-13-8-21-12(2)16-13/h8,11,18H,3-7,9-10H2,1-2H3,(H,17,19). The molecule has 118 valence electrons. The monoisotopic (exact) mass is 328 g/mol. The molecule has 1 aromatic rings. The van der Waals surface area contributed by atoms with E-state index in [2.05, 4.69) is 17.2 Å². The summed E-state index contributed by atoms with van der Waals surface area (Å²) in [4.78, 5) is 16.5. The zero-order chi connectivity index (χ0) is 15.3. The van der Waals surface area contributed by atoms with E-state index in [0.29, 0.717) is 11.7 Å². The van der Waals surface area contributed by atoms with Gasteiger partial charge in [0.1, 0.15) is 0 Å². The van der Waals surface area contributed by atoms with Gasteiger partial charge in [0.25, 0.3) is 0 Å². The van der Waals surface area contributed by atoms with E-state index in [4.69, 9.17) is 0 Å². The smallest absolute Gasteiger partial charge is 0.230 e. The highest BCUT2D eigenvalue weighted by Crippen LogP contribution is 2.31. The first-order valence-corrected chi connectivity index (χ1v) is 9.47. The Morgan fingerprint density at radius 3 is 2.86 bits per heavy atom. The number of hydrogen-bond acceptors (Lipinski definition) is 5. The maximum atomic E-state index is 12.1. The number of carbonyl (C=O) groups excluding carboxylic acids is 1. The second-order valence-electron chi connectivity index (χ2n) is 6.02. The van der Waals surface area contributed by atoms with Gasteiger partial charge in [0.15, 0.2) is 0 Å². The van der Waals surface area contributed by atoms with E-state index >= 15 is 0 Å². The lowest BCUT2D eigenvalue weighted by atomic mass is 9.77.